The molecule has 1 heterocycles. The van der Waals surface area contributed by atoms with E-state index in [9.17, 15) is 4.79 Å². The van der Waals surface area contributed by atoms with Gasteiger partial charge in [0.25, 0.3) is 0 Å². The third-order valence-corrected chi connectivity index (χ3v) is 2.65. The lowest BCUT2D eigenvalue weighted by Crippen LogP contribution is -2.41. The molecule has 0 radical (unpaired) electrons. The van der Waals surface area contributed by atoms with Gasteiger partial charge in [0.2, 0.25) is 0 Å². The number of carbonyl (C=O) groups is 1. The van der Waals surface area contributed by atoms with E-state index in [0.29, 0.717) is 5.11 Å². The Labute approximate surface area is 83.1 Å². The molecule has 1 saturated heterocycles. The van der Waals surface area contributed by atoms with E-state index in [2.05, 4.69) is 4.90 Å². The molecular weight excluding hydrogens is 188 g/mol. The van der Waals surface area contributed by atoms with E-state index in [1.807, 2.05) is 0 Å². The molecule has 0 spiro atoms. The Hall–Kier alpha value is -0.840. The highest BCUT2D eigenvalue weighted by molar-refractivity contribution is 7.80. The van der Waals surface area contributed by atoms with Crippen LogP contribution >= 0.6 is 12.2 Å². The summed E-state index contributed by atoms with van der Waals surface area (Å²) < 4.78 is 0. The van der Waals surface area contributed by atoms with Gasteiger partial charge in [-0.05, 0) is 25.1 Å². The van der Waals surface area contributed by atoms with Crippen molar-refractivity contribution in [1.29, 1.82) is 0 Å². The second-order valence-electron chi connectivity index (χ2n) is 3.23. The van der Waals surface area contributed by atoms with Crippen LogP contribution in [0, 0.1) is 0 Å². The zero-order chi connectivity index (χ0) is 9.84. The molecule has 1 aliphatic heterocycles. The predicted octanol–water partition coefficient (Wildman–Crippen LogP) is 0.383. The van der Waals surface area contributed by atoms with Gasteiger partial charge >= 0.3 is 5.97 Å². The number of thiocarbonyl (C=S) groups is 1. The largest absolute Gasteiger partial charge is 0.480 e. The molecule has 0 amide bonds. The minimum absolute atomic E-state index is 0.0185. The van der Waals surface area contributed by atoms with Gasteiger partial charge in [-0.15, -0.1) is 0 Å². The third kappa shape index (κ3) is 2.84. The van der Waals surface area contributed by atoms with Gasteiger partial charge in [-0.25, -0.2) is 0 Å². The summed E-state index contributed by atoms with van der Waals surface area (Å²) in [5, 5.41) is 9.21. The molecule has 0 bridgehead atoms. The Kier molecular flexibility index (Phi) is 3.48. The Bertz CT molecular complexity index is 214. The molecule has 13 heavy (non-hydrogen) atoms. The molecule has 0 saturated carbocycles. The summed E-state index contributed by atoms with van der Waals surface area (Å²) in [5.74, 6) is -0.843. The highest BCUT2D eigenvalue weighted by Crippen LogP contribution is 2.09. The van der Waals surface area contributed by atoms with Crippen LogP contribution in [0.3, 0.4) is 0 Å². The maximum Gasteiger partial charge on any atom is 0.323 e. The SMILES string of the molecule is CN(CC(=O)O)C(=S)N1CCCC1. The van der Waals surface area contributed by atoms with E-state index in [1.54, 1.807) is 11.9 Å². The fourth-order valence-corrected chi connectivity index (χ4v) is 1.67. The molecule has 74 valence electrons. The summed E-state index contributed by atoms with van der Waals surface area (Å²) in [7, 11) is 1.72. The van der Waals surface area contributed by atoms with Crippen LogP contribution in [0.5, 0.6) is 0 Å². The molecule has 0 aliphatic carbocycles. The minimum atomic E-state index is -0.843. The number of carboxylic acids is 1. The van der Waals surface area contributed by atoms with Crippen LogP contribution in [0.4, 0.5) is 0 Å². The van der Waals surface area contributed by atoms with Gasteiger partial charge in [0.15, 0.2) is 5.11 Å². The molecule has 1 aliphatic rings. The van der Waals surface area contributed by atoms with Crippen molar-refractivity contribution in [2.75, 3.05) is 26.7 Å². The number of hydrogen-bond acceptors (Lipinski definition) is 2. The molecule has 0 aromatic carbocycles. The molecule has 0 atom stereocenters. The summed E-state index contributed by atoms with van der Waals surface area (Å²) in [6.45, 7) is 1.90. The first-order valence-corrected chi connectivity index (χ1v) is 4.74. The quantitative estimate of drug-likeness (QED) is 0.656. The van der Waals surface area contributed by atoms with Crippen molar-refractivity contribution in [3.8, 4) is 0 Å². The van der Waals surface area contributed by atoms with Gasteiger partial charge in [0.05, 0.1) is 0 Å². The first-order valence-electron chi connectivity index (χ1n) is 4.33. The van der Waals surface area contributed by atoms with E-state index in [-0.39, 0.29) is 6.54 Å². The van der Waals surface area contributed by atoms with Gasteiger partial charge < -0.3 is 14.9 Å². The molecular formula is C8H14N2O2S. The summed E-state index contributed by atoms with van der Waals surface area (Å²) in [4.78, 5) is 14.1. The standard InChI is InChI=1S/C8H14N2O2S/c1-9(6-7(11)12)8(13)10-4-2-3-5-10/h2-6H2,1H3,(H,11,12). The first-order chi connectivity index (χ1) is 6.11. The van der Waals surface area contributed by atoms with Crippen molar-refractivity contribution in [3.63, 3.8) is 0 Å². The summed E-state index contributed by atoms with van der Waals surface area (Å²) in [5.41, 5.74) is 0. The fourth-order valence-electron chi connectivity index (χ4n) is 1.42. The van der Waals surface area contributed by atoms with Crippen molar-refractivity contribution in [3.05, 3.63) is 0 Å². The maximum atomic E-state index is 10.4. The van der Waals surface area contributed by atoms with Gasteiger partial charge in [-0.1, -0.05) is 0 Å². The van der Waals surface area contributed by atoms with Gasteiger partial charge in [0, 0.05) is 20.1 Å². The average molecular weight is 202 g/mol. The molecule has 1 N–H and O–H groups in total. The van der Waals surface area contributed by atoms with Crippen molar-refractivity contribution in [2.24, 2.45) is 0 Å². The minimum Gasteiger partial charge on any atom is -0.480 e. The van der Waals surface area contributed by atoms with E-state index in [1.165, 1.54) is 0 Å². The molecule has 1 fully saturated rings. The third-order valence-electron chi connectivity index (χ3n) is 2.08. The number of nitrogens with zero attached hydrogens (tertiary/aromatic N) is 2. The number of likely N-dealkylation sites (N-methyl/N-ethyl adjacent to an activating group) is 1. The smallest absolute Gasteiger partial charge is 0.323 e. The van der Waals surface area contributed by atoms with Gasteiger partial charge in [0.1, 0.15) is 6.54 Å². The predicted molar refractivity (Wildman–Crippen MR) is 53.7 cm³/mol. The monoisotopic (exact) mass is 202 g/mol. The summed E-state index contributed by atoms with van der Waals surface area (Å²) >= 11 is 5.14. The number of likely N-dealkylation sites (tertiary alicyclic amines) is 1. The van der Waals surface area contributed by atoms with Crippen molar-refractivity contribution >= 4 is 23.3 Å². The molecule has 4 nitrogen and oxygen atoms in total. The van der Waals surface area contributed by atoms with Crippen LogP contribution in [0.25, 0.3) is 0 Å². The van der Waals surface area contributed by atoms with Gasteiger partial charge in [-0.2, -0.15) is 0 Å². The van der Waals surface area contributed by atoms with Gasteiger partial charge in [-0.3, -0.25) is 4.79 Å². The molecule has 0 aromatic rings. The topological polar surface area (TPSA) is 43.8 Å². The lowest BCUT2D eigenvalue weighted by Gasteiger charge is -2.26. The van der Waals surface area contributed by atoms with Crippen LogP contribution in [-0.2, 0) is 4.79 Å². The highest BCUT2D eigenvalue weighted by Gasteiger charge is 2.18. The Morgan fingerprint density at radius 2 is 2.08 bits per heavy atom. The lowest BCUT2D eigenvalue weighted by molar-refractivity contribution is -0.137. The summed E-state index contributed by atoms with van der Waals surface area (Å²) in [6.07, 6.45) is 2.31. The van der Waals surface area contributed by atoms with Crippen molar-refractivity contribution < 1.29 is 9.90 Å². The Balaban J connectivity index is 2.41. The van der Waals surface area contributed by atoms with E-state index in [0.717, 1.165) is 25.9 Å². The molecule has 0 unspecified atom stereocenters. The molecule has 0 aromatic heterocycles. The van der Waals surface area contributed by atoms with E-state index in [4.69, 9.17) is 17.3 Å². The Morgan fingerprint density at radius 1 is 1.54 bits per heavy atom. The zero-order valence-corrected chi connectivity index (χ0v) is 8.51. The van der Waals surface area contributed by atoms with E-state index >= 15 is 0 Å². The fraction of sp³-hybridized carbons (Fsp3) is 0.750. The van der Waals surface area contributed by atoms with Crippen LogP contribution in [-0.4, -0.2) is 52.7 Å². The average Bonchev–Trinajstić information content (AvgIpc) is 2.53. The van der Waals surface area contributed by atoms with Crippen molar-refractivity contribution in [2.45, 2.75) is 12.8 Å². The summed E-state index contributed by atoms with van der Waals surface area (Å²) in [6, 6.07) is 0. The zero-order valence-electron chi connectivity index (χ0n) is 7.69. The molecule has 5 heteroatoms. The number of carboxylic acid groups (broad SMARTS) is 1. The normalized spacial score (nSPS) is 15.9. The molecule has 1 rings (SSSR count). The maximum absolute atomic E-state index is 10.4. The highest BCUT2D eigenvalue weighted by atomic mass is 32.1. The van der Waals surface area contributed by atoms with E-state index < -0.39 is 5.97 Å². The second-order valence-corrected chi connectivity index (χ2v) is 3.59. The van der Waals surface area contributed by atoms with Crippen LogP contribution in [0.1, 0.15) is 12.8 Å². The lowest BCUT2D eigenvalue weighted by atomic mass is 10.4. The number of hydrogen-bond donors (Lipinski definition) is 1. The number of aliphatic carboxylic acids is 1. The van der Waals surface area contributed by atoms with Crippen LogP contribution < -0.4 is 0 Å². The van der Waals surface area contributed by atoms with Crippen molar-refractivity contribution in [1.82, 2.24) is 9.80 Å². The van der Waals surface area contributed by atoms with Crippen LogP contribution in [0.15, 0.2) is 0 Å². The number of rotatable bonds is 2. The second kappa shape index (κ2) is 4.41. The Morgan fingerprint density at radius 3 is 2.54 bits per heavy atom. The van der Waals surface area contributed by atoms with Crippen LogP contribution in [0.2, 0.25) is 0 Å². The first kappa shape index (κ1) is 10.2.